The van der Waals surface area contributed by atoms with Gasteiger partial charge < -0.3 is 20.5 Å². The lowest BCUT2D eigenvalue weighted by Gasteiger charge is -2.27. The number of nitrogens with one attached hydrogen (secondary N) is 2. The van der Waals surface area contributed by atoms with Gasteiger partial charge in [0.1, 0.15) is 12.6 Å². The third kappa shape index (κ3) is 6.07. The molecule has 7 nitrogen and oxygen atoms in total. The molecule has 0 saturated carbocycles. The number of carbonyl (C=O) groups is 3. The molecule has 0 heterocycles. The molecule has 104 valence electrons. The fourth-order valence-corrected chi connectivity index (χ4v) is 1.20. The lowest BCUT2D eigenvalue weighted by Crippen LogP contribution is -2.52. The number of urea groups is 1. The summed E-state index contributed by atoms with van der Waals surface area (Å²) in [5.74, 6) is -1.70. The summed E-state index contributed by atoms with van der Waals surface area (Å²) in [5, 5.41) is 13.5. The van der Waals surface area contributed by atoms with Gasteiger partial charge in [0.25, 0.3) is 0 Å². The topological polar surface area (TPSA) is 105 Å². The molecule has 0 aliphatic rings. The molecule has 0 aliphatic heterocycles. The molecule has 3 N–H and O–H groups in total. The van der Waals surface area contributed by atoms with Gasteiger partial charge in [-0.2, -0.15) is 0 Å². The van der Waals surface area contributed by atoms with Crippen LogP contribution in [0.25, 0.3) is 0 Å². The van der Waals surface area contributed by atoms with Gasteiger partial charge in [0.15, 0.2) is 0 Å². The van der Waals surface area contributed by atoms with Gasteiger partial charge in [0.05, 0.1) is 6.61 Å². The molecule has 0 saturated heterocycles. The smallest absolute Gasteiger partial charge is 0.326 e. The molecule has 0 aliphatic carbocycles. The van der Waals surface area contributed by atoms with Crippen LogP contribution in [-0.4, -0.2) is 42.3 Å². The first-order valence-corrected chi connectivity index (χ1v) is 5.61. The second-order valence-corrected chi connectivity index (χ2v) is 4.77. The van der Waals surface area contributed by atoms with E-state index in [0.29, 0.717) is 0 Å². The van der Waals surface area contributed by atoms with Gasteiger partial charge in [0.2, 0.25) is 0 Å². The van der Waals surface area contributed by atoms with E-state index >= 15 is 0 Å². The molecule has 1 atom stereocenters. The van der Waals surface area contributed by atoms with Crippen LogP contribution < -0.4 is 10.6 Å². The maximum Gasteiger partial charge on any atom is 0.326 e. The Hall–Kier alpha value is -1.79. The molecule has 0 aromatic carbocycles. The van der Waals surface area contributed by atoms with Crippen molar-refractivity contribution in [3.8, 4) is 0 Å². The summed E-state index contributed by atoms with van der Waals surface area (Å²) in [6.07, 6.45) is 0. The van der Waals surface area contributed by atoms with Crippen molar-refractivity contribution < 1.29 is 24.2 Å². The van der Waals surface area contributed by atoms with Crippen molar-refractivity contribution >= 4 is 18.0 Å². The summed E-state index contributed by atoms with van der Waals surface area (Å²) in [5.41, 5.74) is -0.632. The third-order valence-electron chi connectivity index (χ3n) is 2.09. The Morgan fingerprint density at radius 1 is 1.28 bits per heavy atom. The quantitative estimate of drug-likeness (QED) is 0.618. The van der Waals surface area contributed by atoms with E-state index in [1.807, 2.05) is 0 Å². The first-order chi connectivity index (χ1) is 8.18. The number of rotatable bonds is 5. The van der Waals surface area contributed by atoms with E-state index in [-0.39, 0.29) is 13.2 Å². The highest BCUT2D eigenvalue weighted by molar-refractivity contribution is 5.85. The number of carbonyl (C=O) groups excluding carboxylic acids is 2. The van der Waals surface area contributed by atoms with Crippen LogP contribution >= 0.6 is 0 Å². The van der Waals surface area contributed by atoms with E-state index in [0.717, 1.165) is 0 Å². The average Bonchev–Trinajstić information content (AvgIpc) is 2.21. The number of amides is 2. The van der Waals surface area contributed by atoms with E-state index < -0.39 is 29.4 Å². The second-order valence-electron chi connectivity index (χ2n) is 4.77. The summed E-state index contributed by atoms with van der Waals surface area (Å²) in [4.78, 5) is 33.4. The first kappa shape index (κ1) is 16.2. The number of hydrogen-bond donors (Lipinski definition) is 3. The van der Waals surface area contributed by atoms with Crippen molar-refractivity contribution in [3.05, 3.63) is 0 Å². The number of esters is 1. The Bertz CT molecular complexity index is 322. The minimum absolute atomic E-state index is 0.224. The minimum Gasteiger partial charge on any atom is -0.480 e. The molecular weight excluding hydrogens is 240 g/mol. The molecule has 2 amide bonds. The van der Waals surface area contributed by atoms with E-state index in [4.69, 9.17) is 5.11 Å². The standard InChI is InChI=1S/C11H20N2O5/c1-5-18-7(14)6-12-10(17)13-8(9(15)16)11(2,3)4/h8H,5-6H2,1-4H3,(H,15,16)(H2,12,13,17)/t8-/m0/s1. The SMILES string of the molecule is CCOC(=O)CNC(=O)N[C@@H](C(=O)O)C(C)(C)C. The van der Waals surface area contributed by atoms with Gasteiger partial charge in [-0.05, 0) is 12.3 Å². The number of aliphatic carboxylic acids is 1. The largest absolute Gasteiger partial charge is 0.480 e. The summed E-state index contributed by atoms with van der Waals surface area (Å²) in [6, 6.07) is -1.76. The van der Waals surface area contributed by atoms with Gasteiger partial charge in [-0.3, -0.25) is 4.79 Å². The van der Waals surface area contributed by atoms with Crippen LogP contribution in [0.3, 0.4) is 0 Å². The van der Waals surface area contributed by atoms with Crippen LogP contribution in [0.15, 0.2) is 0 Å². The van der Waals surface area contributed by atoms with Crippen molar-refractivity contribution in [2.45, 2.75) is 33.7 Å². The number of ether oxygens (including phenoxy) is 1. The van der Waals surface area contributed by atoms with Crippen molar-refractivity contribution in [1.82, 2.24) is 10.6 Å². The fourth-order valence-electron chi connectivity index (χ4n) is 1.20. The Kier molecular flexibility index (Phi) is 6.15. The molecule has 7 heteroatoms. The molecule has 0 aromatic heterocycles. The molecule has 0 fully saturated rings. The van der Waals surface area contributed by atoms with Crippen LogP contribution in [0.1, 0.15) is 27.7 Å². The Morgan fingerprint density at radius 2 is 1.83 bits per heavy atom. The van der Waals surface area contributed by atoms with E-state index in [2.05, 4.69) is 15.4 Å². The molecule has 0 radical (unpaired) electrons. The zero-order chi connectivity index (χ0) is 14.3. The molecule has 0 rings (SSSR count). The van der Waals surface area contributed by atoms with Crippen LogP contribution in [0.5, 0.6) is 0 Å². The van der Waals surface area contributed by atoms with E-state index in [9.17, 15) is 14.4 Å². The Labute approximate surface area is 106 Å². The highest BCUT2D eigenvalue weighted by Gasteiger charge is 2.32. The van der Waals surface area contributed by atoms with Gasteiger partial charge in [-0.25, -0.2) is 9.59 Å². The third-order valence-corrected chi connectivity index (χ3v) is 2.09. The van der Waals surface area contributed by atoms with Gasteiger partial charge in [0, 0.05) is 0 Å². The molecule has 18 heavy (non-hydrogen) atoms. The van der Waals surface area contributed by atoms with Gasteiger partial charge >= 0.3 is 18.0 Å². The first-order valence-electron chi connectivity index (χ1n) is 5.61. The zero-order valence-corrected chi connectivity index (χ0v) is 11.1. The lowest BCUT2D eigenvalue weighted by molar-refractivity contribution is -0.142. The van der Waals surface area contributed by atoms with Gasteiger partial charge in [-0.1, -0.05) is 20.8 Å². The van der Waals surface area contributed by atoms with Crippen molar-refractivity contribution in [3.63, 3.8) is 0 Å². The minimum atomic E-state index is -1.13. The van der Waals surface area contributed by atoms with E-state index in [1.54, 1.807) is 27.7 Å². The second kappa shape index (κ2) is 6.83. The van der Waals surface area contributed by atoms with Crippen molar-refractivity contribution in [2.75, 3.05) is 13.2 Å². The molecule has 0 aromatic rings. The normalized spacial score (nSPS) is 12.4. The number of carboxylic acids is 1. The van der Waals surface area contributed by atoms with Gasteiger partial charge in [-0.15, -0.1) is 0 Å². The molecule has 0 spiro atoms. The monoisotopic (exact) mass is 260 g/mol. The zero-order valence-electron chi connectivity index (χ0n) is 11.1. The Morgan fingerprint density at radius 3 is 2.22 bits per heavy atom. The molecule has 0 unspecified atom stereocenters. The average molecular weight is 260 g/mol. The lowest BCUT2D eigenvalue weighted by atomic mass is 9.87. The maximum atomic E-state index is 11.4. The summed E-state index contributed by atoms with van der Waals surface area (Å²) in [6.45, 7) is 6.66. The van der Waals surface area contributed by atoms with E-state index in [1.165, 1.54) is 0 Å². The van der Waals surface area contributed by atoms with Crippen LogP contribution in [0, 0.1) is 5.41 Å². The summed E-state index contributed by atoms with van der Waals surface area (Å²) in [7, 11) is 0. The van der Waals surface area contributed by atoms with Crippen molar-refractivity contribution in [1.29, 1.82) is 0 Å². The van der Waals surface area contributed by atoms with Crippen LogP contribution in [0.2, 0.25) is 0 Å². The van der Waals surface area contributed by atoms with Crippen LogP contribution in [-0.2, 0) is 14.3 Å². The fraction of sp³-hybridized carbons (Fsp3) is 0.727. The van der Waals surface area contributed by atoms with Crippen LogP contribution in [0.4, 0.5) is 4.79 Å². The molecular formula is C11H20N2O5. The van der Waals surface area contributed by atoms with Crippen molar-refractivity contribution in [2.24, 2.45) is 5.41 Å². The highest BCUT2D eigenvalue weighted by Crippen LogP contribution is 2.19. The predicted molar refractivity (Wildman–Crippen MR) is 64.0 cm³/mol. The predicted octanol–water partition coefficient (Wildman–Crippen LogP) is 0.348. The summed E-state index contributed by atoms with van der Waals surface area (Å²) < 4.78 is 4.61. The molecule has 0 bridgehead atoms. The highest BCUT2D eigenvalue weighted by atomic mass is 16.5. The number of carboxylic acid groups (broad SMARTS) is 1. The number of hydrogen-bond acceptors (Lipinski definition) is 4. The maximum absolute atomic E-state index is 11.4. The summed E-state index contributed by atoms with van der Waals surface area (Å²) >= 11 is 0. The Balaban J connectivity index is 4.28.